The minimum atomic E-state index is -1.43. The molecule has 0 aliphatic rings. The zero-order valence-electron chi connectivity index (χ0n) is 12.6. The maximum atomic E-state index is 10.9. The molecule has 1 N–H and O–H groups in total. The zero-order chi connectivity index (χ0) is 16.8. The fraction of sp³-hybridized carbons (Fsp3) is 0. The highest BCUT2D eigenvalue weighted by molar-refractivity contribution is 5.65. The third kappa shape index (κ3) is 3.84. The second-order valence-electron chi connectivity index (χ2n) is 4.78. The van der Waals surface area contributed by atoms with E-state index in [4.69, 9.17) is 19.3 Å². The smallest absolute Gasteiger partial charge is 0.453 e. The molecule has 0 aliphatic heterocycles. The van der Waals surface area contributed by atoms with Crippen LogP contribution in [0.4, 0.5) is 4.79 Å². The first-order valence-corrected chi connectivity index (χ1v) is 7.22. The van der Waals surface area contributed by atoms with Gasteiger partial charge in [0.05, 0.1) is 0 Å². The SMILES string of the molecule is O=C(O)Oc1cccc(Oc2ccccc2)c1Oc1ccccc1. The van der Waals surface area contributed by atoms with Crippen LogP contribution in [0.2, 0.25) is 0 Å². The van der Waals surface area contributed by atoms with Crippen molar-refractivity contribution in [2.45, 2.75) is 0 Å². The van der Waals surface area contributed by atoms with E-state index in [0.29, 0.717) is 17.2 Å². The van der Waals surface area contributed by atoms with Gasteiger partial charge in [0.25, 0.3) is 0 Å². The highest BCUT2D eigenvalue weighted by Gasteiger charge is 2.17. The van der Waals surface area contributed by atoms with Crippen LogP contribution in [0.3, 0.4) is 0 Å². The molecule has 3 rings (SSSR count). The van der Waals surface area contributed by atoms with Gasteiger partial charge in [0, 0.05) is 0 Å². The number of para-hydroxylation sites is 3. The lowest BCUT2D eigenvalue weighted by Crippen LogP contribution is -2.04. The summed E-state index contributed by atoms with van der Waals surface area (Å²) in [6.07, 6.45) is -1.43. The molecule has 0 saturated carbocycles. The molecule has 5 heteroatoms. The molecule has 0 unspecified atom stereocenters. The number of hydrogen-bond acceptors (Lipinski definition) is 4. The van der Waals surface area contributed by atoms with E-state index in [1.54, 1.807) is 36.4 Å². The van der Waals surface area contributed by atoms with Crippen LogP contribution in [0.5, 0.6) is 28.7 Å². The third-order valence-corrected chi connectivity index (χ3v) is 3.07. The Bertz CT molecular complexity index is 816. The van der Waals surface area contributed by atoms with Crippen LogP contribution in [0.15, 0.2) is 78.9 Å². The minimum Gasteiger partial charge on any atom is -0.453 e. The van der Waals surface area contributed by atoms with Crippen LogP contribution in [0.25, 0.3) is 0 Å². The summed E-state index contributed by atoms with van der Waals surface area (Å²) in [6, 6.07) is 22.9. The van der Waals surface area contributed by atoms with Crippen molar-refractivity contribution in [2.75, 3.05) is 0 Å². The van der Waals surface area contributed by atoms with Crippen molar-refractivity contribution in [1.82, 2.24) is 0 Å². The topological polar surface area (TPSA) is 65.0 Å². The molecule has 0 radical (unpaired) electrons. The summed E-state index contributed by atoms with van der Waals surface area (Å²) in [5.41, 5.74) is 0. The third-order valence-electron chi connectivity index (χ3n) is 3.07. The monoisotopic (exact) mass is 322 g/mol. The van der Waals surface area contributed by atoms with Gasteiger partial charge in [0.2, 0.25) is 5.75 Å². The Morgan fingerprint density at radius 1 is 0.667 bits per heavy atom. The van der Waals surface area contributed by atoms with Crippen molar-refractivity contribution >= 4 is 6.16 Å². The molecular weight excluding hydrogens is 308 g/mol. The summed E-state index contributed by atoms with van der Waals surface area (Å²) >= 11 is 0. The molecule has 0 aliphatic carbocycles. The molecule has 24 heavy (non-hydrogen) atoms. The molecule has 0 fully saturated rings. The van der Waals surface area contributed by atoms with Crippen molar-refractivity contribution in [3.05, 3.63) is 78.9 Å². The van der Waals surface area contributed by atoms with Gasteiger partial charge in [-0.15, -0.1) is 0 Å². The standard InChI is InChI=1S/C19H14O5/c20-19(21)24-17-13-7-12-16(22-14-8-3-1-4-9-14)18(17)23-15-10-5-2-6-11-15/h1-13H,(H,20,21). The van der Waals surface area contributed by atoms with Gasteiger partial charge in [-0.1, -0.05) is 42.5 Å². The number of benzene rings is 3. The Labute approximate surface area is 138 Å². The number of rotatable bonds is 5. The molecule has 0 saturated heterocycles. The molecule has 0 heterocycles. The van der Waals surface area contributed by atoms with Crippen molar-refractivity contribution in [1.29, 1.82) is 0 Å². The summed E-state index contributed by atoms with van der Waals surface area (Å²) in [7, 11) is 0. The molecule has 0 atom stereocenters. The lowest BCUT2D eigenvalue weighted by Gasteiger charge is -2.15. The molecular formula is C19H14O5. The summed E-state index contributed by atoms with van der Waals surface area (Å²) in [4.78, 5) is 10.9. The van der Waals surface area contributed by atoms with E-state index in [0.717, 1.165) is 0 Å². The van der Waals surface area contributed by atoms with Gasteiger partial charge in [-0.05, 0) is 36.4 Å². The number of hydrogen-bond donors (Lipinski definition) is 1. The van der Waals surface area contributed by atoms with E-state index in [-0.39, 0.29) is 11.5 Å². The lowest BCUT2D eigenvalue weighted by atomic mass is 10.2. The highest BCUT2D eigenvalue weighted by atomic mass is 16.7. The number of carbonyl (C=O) groups is 1. The molecule has 120 valence electrons. The highest BCUT2D eigenvalue weighted by Crippen LogP contribution is 2.42. The second kappa shape index (κ2) is 7.19. The maximum absolute atomic E-state index is 10.9. The second-order valence-corrected chi connectivity index (χ2v) is 4.78. The zero-order valence-corrected chi connectivity index (χ0v) is 12.6. The molecule has 3 aromatic carbocycles. The maximum Gasteiger partial charge on any atom is 0.511 e. The largest absolute Gasteiger partial charge is 0.511 e. The number of carboxylic acid groups (broad SMARTS) is 1. The van der Waals surface area contributed by atoms with E-state index >= 15 is 0 Å². The predicted molar refractivity (Wildman–Crippen MR) is 88.1 cm³/mol. The Morgan fingerprint density at radius 2 is 1.21 bits per heavy atom. The molecule has 3 aromatic rings. The Hall–Kier alpha value is -3.47. The molecule has 0 amide bonds. The summed E-state index contributed by atoms with van der Waals surface area (Å²) in [6.45, 7) is 0. The average Bonchev–Trinajstić information content (AvgIpc) is 2.59. The van der Waals surface area contributed by atoms with E-state index in [9.17, 15) is 4.79 Å². The first-order valence-electron chi connectivity index (χ1n) is 7.22. The van der Waals surface area contributed by atoms with E-state index in [1.165, 1.54) is 6.07 Å². The average molecular weight is 322 g/mol. The van der Waals surface area contributed by atoms with Crippen LogP contribution in [0.1, 0.15) is 0 Å². The first kappa shape index (κ1) is 15.4. The van der Waals surface area contributed by atoms with Crippen LogP contribution >= 0.6 is 0 Å². The molecule has 0 spiro atoms. The lowest BCUT2D eigenvalue weighted by molar-refractivity contribution is 0.143. The van der Waals surface area contributed by atoms with Crippen LogP contribution in [-0.4, -0.2) is 11.3 Å². The van der Waals surface area contributed by atoms with Crippen LogP contribution in [0, 0.1) is 0 Å². The molecule has 5 nitrogen and oxygen atoms in total. The molecule has 0 aromatic heterocycles. The fourth-order valence-electron chi connectivity index (χ4n) is 2.07. The van der Waals surface area contributed by atoms with E-state index in [2.05, 4.69) is 0 Å². The quantitative estimate of drug-likeness (QED) is 0.508. The van der Waals surface area contributed by atoms with Crippen LogP contribution in [-0.2, 0) is 0 Å². The van der Waals surface area contributed by atoms with Crippen molar-refractivity contribution in [3.63, 3.8) is 0 Å². The van der Waals surface area contributed by atoms with Gasteiger partial charge in [0.15, 0.2) is 11.5 Å². The summed E-state index contributed by atoms with van der Waals surface area (Å²) in [5, 5.41) is 8.92. The van der Waals surface area contributed by atoms with Crippen molar-refractivity contribution in [2.24, 2.45) is 0 Å². The summed E-state index contributed by atoms with van der Waals surface area (Å²) < 4.78 is 16.4. The van der Waals surface area contributed by atoms with Crippen molar-refractivity contribution in [3.8, 4) is 28.7 Å². The van der Waals surface area contributed by atoms with Gasteiger partial charge in [-0.25, -0.2) is 4.79 Å². The predicted octanol–water partition coefficient (Wildman–Crippen LogP) is 5.33. The normalized spacial score (nSPS) is 10.0. The van der Waals surface area contributed by atoms with Gasteiger partial charge in [-0.3, -0.25) is 0 Å². The van der Waals surface area contributed by atoms with Crippen LogP contribution < -0.4 is 14.2 Å². The Balaban J connectivity index is 1.98. The Morgan fingerprint density at radius 3 is 1.79 bits per heavy atom. The van der Waals surface area contributed by atoms with E-state index < -0.39 is 6.16 Å². The van der Waals surface area contributed by atoms with Crippen molar-refractivity contribution < 1.29 is 24.1 Å². The van der Waals surface area contributed by atoms with Gasteiger partial charge < -0.3 is 19.3 Å². The minimum absolute atomic E-state index is 0.0554. The first-order chi connectivity index (χ1) is 11.7. The van der Waals surface area contributed by atoms with Gasteiger partial charge in [-0.2, -0.15) is 0 Å². The number of ether oxygens (including phenoxy) is 3. The summed E-state index contributed by atoms with van der Waals surface area (Å²) in [5.74, 6) is 1.73. The Kier molecular flexibility index (Phi) is 4.62. The molecule has 0 bridgehead atoms. The van der Waals surface area contributed by atoms with Gasteiger partial charge in [0.1, 0.15) is 11.5 Å². The van der Waals surface area contributed by atoms with E-state index in [1.807, 2.05) is 36.4 Å². The fourth-order valence-corrected chi connectivity index (χ4v) is 2.07. The van der Waals surface area contributed by atoms with Gasteiger partial charge >= 0.3 is 6.16 Å².